The van der Waals surface area contributed by atoms with E-state index < -0.39 is 12.1 Å². The molecular formula is C15H22O5. The Balaban J connectivity index is 2.58. The monoisotopic (exact) mass is 282 g/mol. The highest BCUT2D eigenvalue weighted by atomic mass is 16.5. The molecule has 0 radical (unpaired) electrons. The van der Waals surface area contributed by atoms with Crippen molar-refractivity contribution >= 4 is 11.8 Å². The number of rotatable bonds is 9. The van der Waals surface area contributed by atoms with E-state index in [9.17, 15) is 14.7 Å². The largest absolute Gasteiger partial charge is 0.501 e. The predicted octanol–water partition coefficient (Wildman–Crippen LogP) is 2.20. The molecule has 0 saturated heterocycles. The van der Waals surface area contributed by atoms with E-state index >= 15 is 0 Å². The van der Waals surface area contributed by atoms with Gasteiger partial charge < -0.3 is 14.9 Å². The summed E-state index contributed by atoms with van der Waals surface area (Å²) in [6.45, 7) is 2.71. The van der Waals surface area contributed by atoms with Crippen molar-refractivity contribution in [2.45, 2.75) is 51.6 Å². The second-order valence-electron chi connectivity index (χ2n) is 4.85. The first kappa shape index (κ1) is 16.4. The number of allylic oxidation sites excluding steroid dienone is 1. The fourth-order valence-corrected chi connectivity index (χ4v) is 2.12. The SMILES string of the molecule is CCCCCOC=CC1=C(CCC(=O)O)C(=O)CC1O. The van der Waals surface area contributed by atoms with E-state index in [0.29, 0.717) is 17.8 Å². The molecule has 0 fully saturated rings. The van der Waals surface area contributed by atoms with E-state index in [2.05, 4.69) is 6.92 Å². The summed E-state index contributed by atoms with van der Waals surface area (Å²) in [5, 5.41) is 18.5. The van der Waals surface area contributed by atoms with Crippen LogP contribution in [-0.4, -0.2) is 34.7 Å². The number of hydrogen-bond acceptors (Lipinski definition) is 4. The minimum absolute atomic E-state index is 0.0322. The number of aliphatic carboxylic acids is 1. The molecule has 0 aromatic rings. The lowest BCUT2D eigenvalue weighted by atomic mass is 10.0. The standard InChI is InChI=1S/C15H22O5/c1-2-3-4-8-20-9-7-12-11(5-6-15(18)19)13(16)10-14(12)17/h7,9,14,17H,2-6,8,10H2,1H3,(H,18,19). The maximum atomic E-state index is 11.7. The van der Waals surface area contributed by atoms with Gasteiger partial charge >= 0.3 is 5.97 Å². The van der Waals surface area contributed by atoms with Gasteiger partial charge in [-0.15, -0.1) is 0 Å². The van der Waals surface area contributed by atoms with Crippen molar-refractivity contribution in [1.29, 1.82) is 0 Å². The second-order valence-corrected chi connectivity index (χ2v) is 4.85. The van der Waals surface area contributed by atoms with Gasteiger partial charge in [0, 0.05) is 18.4 Å². The van der Waals surface area contributed by atoms with E-state index in [1.165, 1.54) is 6.26 Å². The van der Waals surface area contributed by atoms with Crippen LogP contribution in [0.15, 0.2) is 23.5 Å². The Morgan fingerprint density at radius 3 is 2.85 bits per heavy atom. The Morgan fingerprint density at radius 1 is 1.45 bits per heavy atom. The second kappa shape index (κ2) is 8.53. The van der Waals surface area contributed by atoms with Gasteiger partial charge in [0.05, 0.1) is 19.0 Å². The first-order chi connectivity index (χ1) is 9.56. The van der Waals surface area contributed by atoms with Crippen LogP contribution in [-0.2, 0) is 14.3 Å². The van der Waals surface area contributed by atoms with Crippen LogP contribution in [0.5, 0.6) is 0 Å². The number of ketones is 1. The van der Waals surface area contributed by atoms with Gasteiger partial charge in [-0.2, -0.15) is 0 Å². The molecule has 0 amide bonds. The third-order valence-corrected chi connectivity index (χ3v) is 3.22. The molecule has 1 unspecified atom stereocenters. The quantitative estimate of drug-likeness (QED) is 0.500. The number of carboxylic acids is 1. The van der Waals surface area contributed by atoms with Gasteiger partial charge in [-0.25, -0.2) is 0 Å². The predicted molar refractivity (Wildman–Crippen MR) is 74.1 cm³/mol. The normalized spacial score (nSPS) is 19.1. The highest BCUT2D eigenvalue weighted by Gasteiger charge is 2.29. The van der Waals surface area contributed by atoms with Crippen molar-refractivity contribution in [2.75, 3.05) is 6.61 Å². The molecule has 0 aliphatic heterocycles. The Labute approximate surface area is 118 Å². The summed E-state index contributed by atoms with van der Waals surface area (Å²) in [4.78, 5) is 22.3. The third kappa shape index (κ3) is 5.17. The zero-order chi connectivity index (χ0) is 15.0. The summed E-state index contributed by atoms with van der Waals surface area (Å²) in [6, 6.07) is 0. The van der Waals surface area contributed by atoms with Crippen molar-refractivity contribution in [2.24, 2.45) is 0 Å². The number of aliphatic hydroxyl groups excluding tert-OH is 1. The number of carbonyl (C=O) groups excluding carboxylic acids is 1. The first-order valence-corrected chi connectivity index (χ1v) is 7.00. The topological polar surface area (TPSA) is 83.8 Å². The molecule has 20 heavy (non-hydrogen) atoms. The summed E-state index contributed by atoms with van der Waals surface area (Å²) >= 11 is 0. The molecule has 112 valence electrons. The van der Waals surface area contributed by atoms with Crippen molar-refractivity contribution < 1.29 is 24.5 Å². The number of aliphatic hydroxyl groups is 1. The highest BCUT2D eigenvalue weighted by Crippen LogP contribution is 2.28. The molecule has 0 spiro atoms. The van der Waals surface area contributed by atoms with E-state index in [4.69, 9.17) is 9.84 Å². The zero-order valence-electron chi connectivity index (χ0n) is 11.8. The Hall–Kier alpha value is -1.62. The Morgan fingerprint density at radius 2 is 2.20 bits per heavy atom. The molecule has 0 bridgehead atoms. The maximum Gasteiger partial charge on any atom is 0.303 e. The summed E-state index contributed by atoms with van der Waals surface area (Å²) in [5.74, 6) is -1.13. The molecule has 1 aliphatic rings. The van der Waals surface area contributed by atoms with Crippen LogP contribution >= 0.6 is 0 Å². The van der Waals surface area contributed by atoms with E-state index in [0.717, 1.165) is 19.3 Å². The van der Waals surface area contributed by atoms with Crippen LogP contribution in [0.3, 0.4) is 0 Å². The summed E-state index contributed by atoms with van der Waals surface area (Å²) < 4.78 is 5.30. The van der Waals surface area contributed by atoms with Gasteiger partial charge in [0.2, 0.25) is 0 Å². The maximum absolute atomic E-state index is 11.7. The van der Waals surface area contributed by atoms with Crippen LogP contribution in [0.25, 0.3) is 0 Å². The minimum atomic E-state index is -0.953. The summed E-state index contributed by atoms with van der Waals surface area (Å²) in [7, 11) is 0. The molecule has 1 aliphatic carbocycles. The Kier molecular flexibility index (Phi) is 7.01. The molecule has 0 aromatic heterocycles. The fourth-order valence-electron chi connectivity index (χ4n) is 2.12. The third-order valence-electron chi connectivity index (χ3n) is 3.22. The number of unbranched alkanes of at least 4 members (excludes halogenated alkanes) is 2. The lowest BCUT2D eigenvalue weighted by molar-refractivity contribution is -0.136. The van der Waals surface area contributed by atoms with Crippen molar-refractivity contribution in [3.8, 4) is 0 Å². The van der Waals surface area contributed by atoms with Crippen LogP contribution in [0.4, 0.5) is 0 Å². The van der Waals surface area contributed by atoms with Gasteiger partial charge in [0.1, 0.15) is 0 Å². The highest BCUT2D eigenvalue weighted by molar-refractivity contribution is 6.00. The number of Topliss-reactive ketones (excluding diaryl/α,β-unsaturated/α-hetero) is 1. The van der Waals surface area contributed by atoms with Crippen molar-refractivity contribution in [1.82, 2.24) is 0 Å². The molecule has 2 N–H and O–H groups in total. The number of ether oxygens (including phenoxy) is 1. The van der Waals surface area contributed by atoms with Crippen LogP contribution in [0, 0.1) is 0 Å². The van der Waals surface area contributed by atoms with E-state index in [1.54, 1.807) is 6.08 Å². The number of hydrogen-bond donors (Lipinski definition) is 2. The van der Waals surface area contributed by atoms with Crippen LogP contribution in [0.1, 0.15) is 45.4 Å². The molecular weight excluding hydrogens is 260 g/mol. The van der Waals surface area contributed by atoms with Crippen LogP contribution < -0.4 is 0 Å². The summed E-state index contributed by atoms with van der Waals surface area (Å²) in [5.41, 5.74) is 0.903. The first-order valence-electron chi connectivity index (χ1n) is 7.00. The van der Waals surface area contributed by atoms with Gasteiger partial charge in [0.15, 0.2) is 5.78 Å². The van der Waals surface area contributed by atoms with Crippen molar-refractivity contribution in [3.63, 3.8) is 0 Å². The molecule has 1 atom stereocenters. The van der Waals surface area contributed by atoms with Crippen LogP contribution in [0.2, 0.25) is 0 Å². The number of carbonyl (C=O) groups is 2. The fraction of sp³-hybridized carbons (Fsp3) is 0.600. The molecule has 0 saturated carbocycles. The molecule has 0 aromatic carbocycles. The van der Waals surface area contributed by atoms with Gasteiger partial charge in [-0.1, -0.05) is 19.8 Å². The van der Waals surface area contributed by atoms with E-state index in [-0.39, 0.29) is 25.0 Å². The zero-order valence-corrected chi connectivity index (χ0v) is 11.8. The Bertz CT molecular complexity index is 408. The summed E-state index contributed by atoms with van der Waals surface area (Å²) in [6.07, 6.45) is 5.47. The smallest absolute Gasteiger partial charge is 0.303 e. The van der Waals surface area contributed by atoms with Gasteiger partial charge in [0.25, 0.3) is 0 Å². The van der Waals surface area contributed by atoms with Gasteiger partial charge in [-0.3, -0.25) is 9.59 Å². The van der Waals surface area contributed by atoms with E-state index in [1.807, 2.05) is 0 Å². The molecule has 5 nitrogen and oxygen atoms in total. The average Bonchev–Trinajstić information content (AvgIpc) is 2.65. The van der Waals surface area contributed by atoms with Crippen molar-refractivity contribution in [3.05, 3.63) is 23.5 Å². The molecule has 0 heterocycles. The molecule has 5 heteroatoms. The lowest BCUT2D eigenvalue weighted by Crippen LogP contribution is -2.04. The number of carboxylic acid groups (broad SMARTS) is 1. The molecule has 1 rings (SSSR count). The lowest BCUT2D eigenvalue weighted by Gasteiger charge is -2.05. The minimum Gasteiger partial charge on any atom is -0.501 e. The van der Waals surface area contributed by atoms with Gasteiger partial charge in [-0.05, 0) is 24.5 Å². The average molecular weight is 282 g/mol.